The van der Waals surface area contributed by atoms with Gasteiger partial charge in [0.2, 0.25) is 0 Å². The highest BCUT2D eigenvalue weighted by Gasteiger charge is 2.18. The second-order valence-electron chi connectivity index (χ2n) is 7.06. The van der Waals surface area contributed by atoms with Crippen LogP contribution in [0.25, 0.3) is 10.2 Å². The van der Waals surface area contributed by atoms with E-state index in [4.69, 9.17) is 11.6 Å². The molecule has 4 aromatic rings. The molecule has 0 fully saturated rings. The summed E-state index contributed by atoms with van der Waals surface area (Å²) in [6.45, 7) is 4.20. The summed E-state index contributed by atoms with van der Waals surface area (Å²) in [5.41, 5.74) is 4.06. The first-order valence-corrected chi connectivity index (χ1v) is 11.9. The summed E-state index contributed by atoms with van der Waals surface area (Å²) in [6.07, 6.45) is 0. The normalized spacial score (nSPS) is 11.7. The van der Waals surface area contributed by atoms with E-state index in [-0.39, 0.29) is 9.77 Å². The number of hydrogen-bond acceptors (Lipinski definition) is 4. The number of hydrogen-bond donors (Lipinski definition) is 1. The Kier molecular flexibility index (Phi) is 5.44. The molecular formula is C22H19ClN2O3S2. The van der Waals surface area contributed by atoms with Gasteiger partial charge in [-0.2, -0.15) is 0 Å². The molecule has 30 heavy (non-hydrogen) atoms. The second-order valence-corrected chi connectivity index (χ2v) is 10.2. The molecule has 0 amide bonds. The topological polar surface area (TPSA) is 68.2 Å². The summed E-state index contributed by atoms with van der Waals surface area (Å²) in [6, 6.07) is 17.5. The van der Waals surface area contributed by atoms with Crippen LogP contribution >= 0.6 is 22.9 Å². The molecule has 0 spiro atoms. The number of fused-ring (bicyclic) bond motifs is 1. The van der Waals surface area contributed by atoms with Crippen molar-refractivity contribution in [2.24, 2.45) is 0 Å². The third-order valence-electron chi connectivity index (χ3n) is 5.05. The fourth-order valence-corrected chi connectivity index (χ4v) is 5.48. The Hall–Kier alpha value is -2.61. The van der Waals surface area contributed by atoms with Crippen LogP contribution in [0.15, 0.2) is 70.4 Å². The van der Waals surface area contributed by atoms with E-state index in [1.165, 1.54) is 6.07 Å². The third kappa shape index (κ3) is 4.01. The van der Waals surface area contributed by atoms with E-state index in [1.54, 1.807) is 34.9 Å². The molecule has 0 bridgehead atoms. The van der Waals surface area contributed by atoms with E-state index in [0.717, 1.165) is 28.0 Å². The van der Waals surface area contributed by atoms with Gasteiger partial charge in [0.05, 0.1) is 27.3 Å². The van der Waals surface area contributed by atoms with Gasteiger partial charge in [-0.1, -0.05) is 47.2 Å². The third-order valence-corrected chi connectivity index (χ3v) is 7.61. The van der Waals surface area contributed by atoms with Crippen molar-refractivity contribution in [3.05, 3.63) is 92.0 Å². The molecule has 1 N–H and O–H groups in total. The van der Waals surface area contributed by atoms with Gasteiger partial charge in [-0.15, -0.1) is 0 Å². The predicted octanol–water partition coefficient (Wildman–Crippen LogP) is 5.18. The minimum absolute atomic E-state index is 0.121. The van der Waals surface area contributed by atoms with Crippen molar-refractivity contribution >= 4 is 48.9 Å². The molecule has 0 aliphatic rings. The van der Waals surface area contributed by atoms with Crippen LogP contribution in [0.2, 0.25) is 5.02 Å². The Morgan fingerprint density at radius 2 is 1.77 bits per heavy atom. The average Bonchev–Trinajstić information content (AvgIpc) is 3.01. The molecule has 0 aliphatic heterocycles. The zero-order valence-electron chi connectivity index (χ0n) is 16.3. The standard InChI is InChI=1S/C22H19ClN2O3S2/c1-14-4-3-5-19(15(14)2)24-30(27,28)18-10-11-20-21(12-18)29-22(26)25(20)13-16-6-8-17(23)9-7-16/h3-12,24H,13H2,1-2H3. The Labute approximate surface area is 183 Å². The number of rotatable bonds is 5. The quantitative estimate of drug-likeness (QED) is 0.448. The van der Waals surface area contributed by atoms with E-state index >= 15 is 0 Å². The summed E-state index contributed by atoms with van der Waals surface area (Å²) in [7, 11) is -3.78. The molecule has 0 atom stereocenters. The summed E-state index contributed by atoms with van der Waals surface area (Å²) >= 11 is 6.96. The molecule has 0 saturated heterocycles. The zero-order chi connectivity index (χ0) is 21.5. The number of sulfonamides is 1. The van der Waals surface area contributed by atoms with Crippen molar-refractivity contribution in [2.45, 2.75) is 25.3 Å². The van der Waals surface area contributed by atoms with Gasteiger partial charge in [0.25, 0.3) is 10.0 Å². The molecule has 1 heterocycles. The summed E-state index contributed by atoms with van der Waals surface area (Å²) in [4.78, 5) is 12.5. The number of benzene rings is 3. The van der Waals surface area contributed by atoms with Crippen LogP contribution in [-0.2, 0) is 16.6 Å². The number of aromatic nitrogens is 1. The maximum absolute atomic E-state index is 12.9. The van der Waals surface area contributed by atoms with Crippen molar-refractivity contribution in [3.8, 4) is 0 Å². The van der Waals surface area contributed by atoms with Crippen LogP contribution in [-0.4, -0.2) is 13.0 Å². The first-order valence-electron chi connectivity index (χ1n) is 9.21. The summed E-state index contributed by atoms with van der Waals surface area (Å²) < 4.78 is 30.8. The highest BCUT2D eigenvalue weighted by molar-refractivity contribution is 7.92. The number of thiazole rings is 1. The first kappa shape index (κ1) is 20.7. The minimum Gasteiger partial charge on any atom is -0.294 e. The molecule has 0 unspecified atom stereocenters. The van der Waals surface area contributed by atoms with Gasteiger partial charge in [0.15, 0.2) is 0 Å². The fraction of sp³-hybridized carbons (Fsp3) is 0.136. The largest absolute Gasteiger partial charge is 0.308 e. The van der Waals surface area contributed by atoms with Gasteiger partial charge in [-0.3, -0.25) is 14.1 Å². The smallest absolute Gasteiger partial charge is 0.294 e. The zero-order valence-corrected chi connectivity index (χ0v) is 18.7. The first-order chi connectivity index (χ1) is 14.2. The van der Waals surface area contributed by atoms with Crippen LogP contribution in [0.4, 0.5) is 5.69 Å². The Morgan fingerprint density at radius 1 is 1.03 bits per heavy atom. The van der Waals surface area contributed by atoms with Crippen molar-refractivity contribution in [2.75, 3.05) is 4.72 Å². The van der Waals surface area contributed by atoms with Crippen LogP contribution in [0, 0.1) is 13.8 Å². The maximum Gasteiger partial charge on any atom is 0.308 e. The fourth-order valence-electron chi connectivity index (χ4n) is 3.20. The van der Waals surface area contributed by atoms with Crippen molar-refractivity contribution in [1.29, 1.82) is 0 Å². The average molecular weight is 459 g/mol. The lowest BCUT2D eigenvalue weighted by Gasteiger charge is -2.12. The van der Waals surface area contributed by atoms with Crippen molar-refractivity contribution < 1.29 is 8.42 Å². The van der Waals surface area contributed by atoms with Crippen LogP contribution < -0.4 is 9.60 Å². The highest BCUT2D eigenvalue weighted by atomic mass is 35.5. The van der Waals surface area contributed by atoms with Crippen molar-refractivity contribution in [1.82, 2.24) is 4.57 Å². The number of anilines is 1. The molecule has 0 radical (unpaired) electrons. The molecule has 0 aliphatic carbocycles. The van der Waals surface area contributed by atoms with E-state index in [2.05, 4.69) is 4.72 Å². The van der Waals surface area contributed by atoms with Gasteiger partial charge in [0.1, 0.15) is 0 Å². The maximum atomic E-state index is 12.9. The van der Waals surface area contributed by atoms with Gasteiger partial charge in [-0.05, 0) is 66.9 Å². The van der Waals surface area contributed by atoms with Crippen molar-refractivity contribution in [3.63, 3.8) is 0 Å². The van der Waals surface area contributed by atoms with Crippen LogP contribution in [0.5, 0.6) is 0 Å². The van der Waals surface area contributed by atoms with Gasteiger partial charge < -0.3 is 0 Å². The molecule has 4 rings (SSSR count). The predicted molar refractivity (Wildman–Crippen MR) is 123 cm³/mol. The van der Waals surface area contributed by atoms with E-state index in [9.17, 15) is 13.2 Å². The van der Waals surface area contributed by atoms with Crippen LogP contribution in [0.3, 0.4) is 0 Å². The number of nitrogens with one attached hydrogen (secondary N) is 1. The number of halogens is 1. The van der Waals surface area contributed by atoms with Crippen LogP contribution in [0.1, 0.15) is 16.7 Å². The molecule has 5 nitrogen and oxygen atoms in total. The molecule has 1 aromatic heterocycles. The lowest BCUT2D eigenvalue weighted by atomic mass is 10.1. The minimum atomic E-state index is -3.78. The molecule has 154 valence electrons. The molecular weight excluding hydrogens is 440 g/mol. The van der Waals surface area contributed by atoms with Gasteiger partial charge in [-0.25, -0.2) is 8.42 Å². The number of nitrogens with zero attached hydrogens (tertiary/aromatic N) is 1. The molecule has 8 heteroatoms. The Morgan fingerprint density at radius 3 is 2.50 bits per heavy atom. The monoisotopic (exact) mass is 458 g/mol. The summed E-state index contributed by atoms with van der Waals surface area (Å²) in [5.74, 6) is 0. The SMILES string of the molecule is Cc1cccc(NS(=O)(=O)c2ccc3c(c2)sc(=O)n3Cc2ccc(Cl)cc2)c1C. The van der Waals surface area contributed by atoms with E-state index in [1.807, 2.05) is 38.1 Å². The molecule has 3 aromatic carbocycles. The Bertz CT molecular complexity index is 1400. The Balaban J connectivity index is 1.69. The number of aryl methyl sites for hydroxylation is 1. The second kappa shape index (κ2) is 7.91. The lowest BCUT2D eigenvalue weighted by Crippen LogP contribution is -2.14. The van der Waals surface area contributed by atoms with E-state index in [0.29, 0.717) is 27.5 Å². The molecule has 0 saturated carbocycles. The van der Waals surface area contributed by atoms with Gasteiger partial charge in [0, 0.05) is 5.02 Å². The summed E-state index contributed by atoms with van der Waals surface area (Å²) in [5, 5.41) is 0.632. The highest BCUT2D eigenvalue weighted by Crippen LogP contribution is 2.26. The van der Waals surface area contributed by atoms with Gasteiger partial charge >= 0.3 is 4.87 Å². The van der Waals surface area contributed by atoms with E-state index < -0.39 is 10.0 Å². The lowest BCUT2D eigenvalue weighted by molar-refractivity contribution is 0.601.